The predicted molar refractivity (Wildman–Crippen MR) is 102 cm³/mol. The van der Waals surface area contributed by atoms with Crippen LogP contribution in [0, 0.1) is 17.2 Å². The summed E-state index contributed by atoms with van der Waals surface area (Å²) in [5.74, 6) is -0.297. The van der Waals surface area contributed by atoms with E-state index in [4.69, 9.17) is 5.73 Å². The van der Waals surface area contributed by atoms with Crippen LogP contribution in [0.1, 0.15) is 38.7 Å². The smallest absolute Gasteiger partial charge is 0.227 e. The van der Waals surface area contributed by atoms with Crippen LogP contribution in [0.4, 0.5) is 4.39 Å². The summed E-state index contributed by atoms with van der Waals surface area (Å²) >= 11 is 0. The molecule has 2 atom stereocenters. The van der Waals surface area contributed by atoms with Gasteiger partial charge in [-0.05, 0) is 42.4 Å². The van der Waals surface area contributed by atoms with E-state index in [1.807, 2.05) is 4.90 Å². The molecule has 0 spiro atoms. The average Bonchev–Trinajstić information content (AvgIpc) is 2.65. The Kier molecular flexibility index (Phi) is 5.84. The van der Waals surface area contributed by atoms with Gasteiger partial charge in [0.2, 0.25) is 11.8 Å². The molecule has 148 valence electrons. The predicted octanol–water partition coefficient (Wildman–Crippen LogP) is 2.19. The molecule has 0 aromatic heterocycles. The Bertz CT molecular complexity index is 689. The second-order valence-corrected chi connectivity index (χ2v) is 8.63. The number of nitrogens with zero attached hydrogens (tertiary/aromatic N) is 2. The zero-order valence-electron chi connectivity index (χ0n) is 16.3. The summed E-state index contributed by atoms with van der Waals surface area (Å²) in [4.78, 5) is 29.4. The van der Waals surface area contributed by atoms with Crippen LogP contribution in [0.2, 0.25) is 0 Å². The van der Waals surface area contributed by atoms with Gasteiger partial charge in [-0.2, -0.15) is 0 Å². The van der Waals surface area contributed by atoms with Gasteiger partial charge in [0.15, 0.2) is 0 Å². The van der Waals surface area contributed by atoms with Crippen LogP contribution in [0.5, 0.6) is 0 Å². The molecule has 2 amide bonds. The van der Waals surface area contributed by atoms with Crippen molar-refractivity contribution in [3.05, 3.63) is 35.6 Å². The maximum absolute atomic E-state index is 13.0. The molecular formula is C21H30FN3O2. The molecule has 2 fully saturated rings. The van der Waals surface area contributed by atoms with E-state index >= 15 is 0 Å². The Morgan fingerprint density at radius 2 is 1.85 bits per heavy atom. The van der Waals surface area contributed by atoms with Crippen molar-refractivity contribution < 1.29 is 14.0 Å². The van der Waals surface area contributed by atoms with Gasteiger partial charge in [-0.25, -0.2) is 4.39 Å². The fraction of sp³-hybridized carbons (Fsp3) is 0.619. The lowest BCUT2D eigenvalue weighted by Gasteiger charge is -2.44. The standard InChI is InChI=1S/C21H30FN3O2/c1-21(2)14-25(11-9-18(21)23)20(27)16-4-3-10-24(13-16)19(26)12-15-5-7-17(22)8-6-15/h5-8,16,18H,3-4,9-14,23H2,1-2H3. The third-order valence-electron chi connectivity index (χ3n) is 6.02. The monoisotopic (exact) mass is 375 g/mol. The number of rotatable bonds is 3. The second-order valence-electron chi connectivity index (χ2n) is 8.63. The molecule has 5 nitrogen and oxygen atoms in total. The first-order valence-corrected chi connectivity index (χ1v) is 9.83. The first-order valence-electron chi connectivity index (χ1n) is 9.83. The molecule has 1 aromatic carbocycles. The largest absolute Gasteiger partial charge is 0.342 e. The number of carbonyl (C=O) groups excluding carboxylic acids is 2. The fourth-order valence-electron chi connectivity index (χ4n) is 4.11. The highest BCUT2D eigenvalue weighted by Crippen LogP contribution is 2.30. The number of halogens is 1. The van der Waals surface area contributed by atoms with Crippen molar-refractivity contribution in [1.82, 2.24) is 9.80 Å². The summed E-state index contributed by atoms with van der Waals surface area (Å²) in [6.45, 7) is 6.74. The molecule has 0 saturated carbocycles. The Balaban J connectivity index is 1.59. The highest BCUT2D eigenvalue weighted by atomic mass is 19.1. The van der Waals surface area contributed by atoms with Crippen LogP contribution in [-0.2, 0) is 16.0 Å². The third kappa shape index (κ3) is 4.67. The van der Waals surface area contributed by atoms with Gasteiger partial charge in [-0.15, -0.1) is 0 Å². The first kappa shape index (κ1) is 19.8. The first-order chi connectivity index (χ1) is 12.8. The maximum Gasteiger partial charge on any atom is 0.227 e. The molecule has 27 heavy (non-hydrogen) atoms. The minimum atomic E-state index is -0.306. The Morgan fingerprint density at radius 3 is 2.52 bits per heavy atom. The SMILES string of the molecule is CC1(C)CN(C(=O)C2CCCN(C(=O)Cc3ccc(F)cc3)C2)CCC1N. The van der Waals surface area contributed by atoms with Crippen molar-refractivity contribution in [2.75, 3.05) is 26.2 Å². The van der Waals surface area contributed by atoms with Crippen molar-refractivity contribution in [1.29, 1.82) is 0 Å². The van der Waals surface area contributed by atoms with Crippen LogP contribution >= 0.6 is 0 Å². The summed E-state index contributed by atoms with van der Waals surface area (Å²) in [5, 5.41) is 0. The van der Waals surface area contributed by atoms with E-state index in [-0.39, 0.29) is 41.4 Å². The fourth-order valence-corrected chi connectivity index (χ4v) is 4.11. The number of hydrogen-bond donors (Lipinski definition) is 1. The number of benzene rings is 1. The number of carbonyl (C=O) groups is 2. The lowest BCUT2D eigenvalue weighted by Crippen LogP contribution is -2.56. The van der Waals surface area contributed by atoms with E-state index in [1.165, 1.54) is 12.1 Å². The van der Waals surface area contributed by atoms with Gasteiger partial charge in [-0.3, -0.25) is 9.59 Å². The molecule has 2 heterocycles. The van der Waals surface area contributed by atoms with Crippen molar-refractivity contribution in [2.45, 2.75) is 45.6 Å². The number of piperidine rings is 2. The molecule has 6 heteroatoms. The van der Waals surface area contributed by atoms with Gasteiger partial charge < -0.3 is 15.5 Å². The van der Waals surface area contributed by atoms with Gasteiger partial charge in [0.05, 0.1) is 12.3 Å². The molecule has 1 aromatic rings. The van der Waals surface area contributed by atoms with Gasteiger partial charge in [0, 0.05) is 32.2 Å². The minimum absolute atomic E-state index is 0.0000967. The molecule has 3 rings (SSSR count). The number of amides is 2. The maximum atomic E-state index is 13.0. The summed E-state index contributed by atoms with van der Waals surface area (Å²) in [7, 11) is 0. The van der Waals surface area contributed by atoms with Gasteiger partial charge in [0.1, 0.15) is 5.82 Å². The number of hydrogen-bond acceptors (Lipinski definition) is 3. The molecule has 0 radical (unpaired) electrons. The van der Waals surface area contributed by atoms with Gasteiger partial charge in [0.25, 0.3) is 0 Å². The lowest BCUT2D eigenvalue weighted by atomic mass is 9.79. The van der Waals surface area contributed by atoms with Gasteiger partial charge >= 0.3 is 0 Å². The molecule has 2 unspecified atom stereocenters. The van der Waals surface area contributed by atoms with Crippen molar-refractivity contribution in [2.24, 2.45) is 17.1 Å². The number of nitrogens with two attached hydrogens (primary N) is 1. The topological polar surface area (TPSA) is 66.6 Å². The van der Waals surface area contributed by atoms with Crippen molar-refractivity contribution in [3.63, 3.8) is 0 Å². The van der Waals surface area contributed by atoms with Crippen molar-refractivity contribution >= 4 is 11.8 Å². The Hall–Kier alpha value is -1.95. The zero-order valence-corrected chi connectivity index (χ0v) is 16.3. The molecular weight excluding hydrogens is 345 g/mol. The quantitative estimate of drug-likeness (QED) is 0.881. The Morgan fingerprint density at radius 1 is 1.15 bits per heavy atom. The van der Waals surface area contributed by atoms with E-state index in [9.17, 15) is 14.0 Å². The van der Waals surface area contributed by atoms with Crippen LogP contribution in [0.15, 0.2) is 24.3 Å². The van der Waals surface area contributed by atoms with E-state index in [2.05, 4.69) is 13.8 Å². The van der Waals surface area contributed by atoms with Gasteiger partial charge in [-0.1, -0.05) is 26.0 Å². The molecule has 2 aliphatic heterocycles. The summed E-state index contributed by atoms with van der Waals surface area (Å²) in [5.41, 5.74) is 6.89. The summed E-state index contributed by atoms with van der Waals surface area (Å²) in [6.07, 6.45) is 2.72. The Labute approximate surface area is 160 Å². The molecule has 0 bridgehead atoms. The highest BCUT2D eigenvalue weighted by molar-refractivity contribution is 5.82. The van der Waals surface area contributed by atoms with E-state index in [1.54, 1.807) is 17.0 Å². The average molecular weight is 375 g/mol. The van der Waals surface area contributed by atoms with Crippen molar-refractivity contribution in [3.8, 4) is 0 Å². The zero-order chi connectivity index (χ0) is 19.6. The molecule has 2 saturated heterocycles. The van der Waals surface area contributed by atoms with E-state index < -0.39 is 0 Å². The van der Waals surface area contributed by atoms with E-state index in [0.29, 0.717) is 26.2 Å². The molecule has 2 N–H and O–H groups in total. The summed E-state index contributed by atoms with van der Waals surface area (Å²) < 4.78 is 13.0. The molecule has 0 aliphatic carbocycles. The van der Waals surface area contributed by atoms with Crippen LogP contribution < -0.4 is 5.73 Å². The summed E-state index contributed by atoms with van der Waals surface area (Å²) in [6, 6.07) is 6.13. The third-order valence-corrected chi connectivity index (χ3v) is 6.02. The lowest BCUT2D eigenvalue weighted by molar-refractivity contribution is -0.143. The highest BCUT2D eigenvalue weighted by Gasteiger charge is 2.38. The van der Waals surface area contributed by atoms with Crippen LogP contribution in [-0.4, -0.2) is 53.8 Å². The normalized spacial score (nSPS) is 25.3. The number of likely N-dealkylation sites (tertiary alicyclic amines) is 2. The second kappa shape index (κ2) is 7.97. The molecule has 2 aliphatic rings. The van der Waals surface area contributed by atoms with Crippen LogP contribution in [0.3, 0.4) is 0 Å². The van der Waals surface area contributed by atoms with E-state index in [0.717, 1.165) is 24.8 Å². The minimum Gasteiger partial charge on any atom is -0.342 e. The van der Waals surface area contributed by atoms with Crippen LogP contribution in [0.25, 0.3) is 0 Å².